The summed E-state index contributed by atoms with van der Waals surface area (Å²) in [6, 6.07) is 8.99. The van der Waals surface area contributed by atoms with Gasteiger partial charge in [-0.2, -0.15) is 0 Å². The lowest BCUT2D eigenvalue weighted by atomic mass is 10.1. The van der Waals surface area contributed by atoms with Crippen LogP contribution in [0.1, 0.15) is 15.9 Å². The first-order chi connectivity index (χ1) is 11.4. The second-order valence-corrected chi connectivity index (χ2v) is 6.13. The Balaban J connectivity index is 2.21. The molecule has 0 saturated heterocycles. The largest absolute Gasteiger partial charge is 0.467 e. The lowest BCUT2D eigenvalue weighted by Crippen LogP contribution is -2.43. The normalized spacial score (nSPS) is 11.7. The van der Waals surface area contributed by atoms with Crippen LogP contribution < -0.4 is 5.32 Å². The molecule has 4 nitrogen and oxygen atoms in total. The van der Waals surface area contributed by atoms with Gasteiger partial charge in [0.2, 0.25) is 0 Å². The van der Waals surface area contributed by atoms with Gasteiger partial charge in [-0.05, 0) is 46.4 Å². The quantitative estimate of drug-likeness (QED) is 0.569. The first kappa shape index (κ1) is 18.3. The third-order valence-corrected chi connectivity index (χ3v) is 4.40. The Morgan fingerprint density at radius 1 is 1.21 bits per heavy atom. The summed E-state index contributed by atoms with van der Waals surface area (Å²) in [7, 11) is 1.20. The molecule has 0 bridgehead atoms. The topological polar surface area (TPSA) is 55.4 Å². The molecule has 0 saturated carbocycles. The minimum Gasteiger partial charge on any atom is -0.467 e. The number of hydrogen-bond acceptors (Lipinski definition) is 3. The van der Waals surface area contributed by atoms with E-state index >= 15 is 0 Å². The molecule has 1 atom stereocenters. The van der Waals surface area contributed by atoms with Crippen LogP contribution in [-0.2, 0) is 16.0 Å². The van der Waals surface area contributed by atoms with Crippen LogP contribution >= 0.6 is 22.6 Å². The number of amides is 1. The molecule has 0 aromatic heterocycles. The Morgan fingerprint density at radius 3 is 2.54 bits per heavy atom. The molecule has 0 heterocycles. The predicted molar refractivity (Wildman–Crippen MR) is 92.5 cm³/mol. The number of nitrogens with one attached hydrogen (secondary N) is 1. The van der Waals surface area contributed by atoms with Crippen molar-refractivity contribution in [1.29, 1.82) is 0 Å². The van der Waals surface area contributed by atoms with Crippen LogP contribution in [0.5, 0.6) is 0 Å². The van der Waals surface area contributed by atoms with Crippen molar-refractivity contribution < 1.29 is 23.1 Å². The van der Waals surface area contributed by atoms with Crippen LogP contribution in [0.2, 0.25) is 0 Å². The highest BCUT2D eigenvalue weighted by Crippen LogP contribution is 2.15. The minimum atomic E-state index is -0.995. The lowest BCUT2D eigenvalue weighted by molar-refractivity contribution is -0.142. The van der Waals surface area contributed by atoms with Crippen LogP contribution in [0.25, 0.3) is 0 Å². The van der Waals surface area contributed by atoms with Crippen molar-refractivity contribution in [2.45, 2.75) is 12.5 Å². The number of esters is 1. The molecule has 126 valence electrons. The first-order valence-electron chi connectivity index (χ1n) is 6.99. The number of hydrogen-bond donors (Lipinski definition) is 1. The molecule has 2 rings (SSSR count). The number of carbonyl (C=O) groups is 2. The average Bonchev–Trinajstić information content (AvgIpc) is 2.55. The second kappa shape index (κ2) is 8.18. The molecule has 2 aromatic rings. The average molecular weight is 445 g/mol. The standard InChI is InChI=1S/C17H14F2INO3/c1-24-17(23)15(8-10-4-2-3-5-14(10)20)21-16(22)12-7-6-11(18)9-13(12)19/h2-7,9,15H,8H2,1H3,(H,21,22)/t15-/m1/s1. The maximum absolute atomic E-state index is 13.7. The molecule has 2 aromatic carbocycles. The maximum Gasteiger partial charge on any atom is 0.328 e. The van der Waals surface area contributed by atoms with E-state index in [1.165, 1.54) is 7.11 Å². The third-order valence-electron chi connectivity index (χ3n) is 3.35. The lowest BCUT2D eigenvalue weighted by Gasteiger charge is -2.17. The van der Waals surface area contributed by atoms with E-state index in [0.29, 0.717) is 6.07 Å². The summed E-state index contributed by atoms with van der Waals surface area (Å²) < 4.78 is 32.3. The van der Waals surface area contributed by atoms with E-state index in [0.717, 1.165) is 21.3 Å². The van der Waals surface area contributed by atoms with Crippen molar-refractivity contribution in [2.75, 3.05) is 7.11 Å². The highest BCUT2D eigenvalue weighted by atomic mass is 127. The molecule has 7 heteroatoms. The van der Waals surface area contributed by atoms with Crippen LogP contribution in [0.15, 0.2) is 42.5 Å². The molecule has 1 amide bonds. The zero-order valence-corrected chi connectivity index (χ0v) is 14.8. The fourth-order valence-electron chi connectivity index (χ4n) is 2.13. The van der Waals surface area contributed by atoms with Gasteiger partial charge in [-0.3, -0.25) is 4.79 Å². The van der Waals surface area contributed by atoms with Gasteiger partial charge in [0.15, 0.2) is 0 Å². The van der Waals surface area contributed by atoms with Crippen molar-refractivity contribution >= 4 is 34.5 Å². The van der Waals surface area contributed by atoms with Crippen molar-refractivity contribution in [3.63, 3.8) is 0 Å². The molecule has 24 heavy (non-hydrogen) atoms. The molecule has 0 radical (unpaired) electrons. The third kappa shape index (κ3) is 4.50. The molecule has 0 fully saturated rings. The van der Waals surface area contributed by atoms with E-state index in [-0.39, 0.29) is 12.0 Å². The number of ether oxygens (including phenoxy) is 1. The molecule has 0 unspecified atom stereocenters. The van der Waals surface area contributed by atoms with Gasteiger partial charge < -0.3 is 10.1 Å². The summed E-state index contributed by atoms with van der Waals surface area (Å²) in [5.41, 5.74) is 0.501. The number of halogens is 3. The van der Waals surface area contributed by atoms with E-state index < -0.39 is 29.6 Å². The van der Waals surface area contributed by atoms with Gasteiger partial charge in [0.25, 0.3) is 5.91 Å². The molecule has 0 aliphatic carbocycles. The summed E-state index contributed by atoms with van der Waals surface area (Å²) in [5.74, 6) is -3.24. The number of benzene rings is 2. The Bertz CT molecular complexity index is 767. The molecule has 1 N–H and O–H groups in total. The Hall–Kier alpha value is -2.03. The van der Waals surface area contributed by atoms with Crippen LogP contribution in [-0.4, -0.2) is 25.0 Å². The summed E-state index contributed by atoms with van der Waals surface area (Å²) in [5, 5.41) is 2.44. The number of methoxy groups -OCH3 is 1. The predicted octanol–water partition coefficient (Wildman–Crippen LogP) is 3.08. The van der Waals surface area contributed by atoms with E-state index in [2.05, 4.69) is 27.9 Å². The number of rotatable bonds is 5. The Labute approximate surface area is 151 Å². The van der Waals surface area contributed by atoms with Crippen LogP contribution in [0, 0.1) is 15.2 Å². The van der Waals surface area contributed by atoms with Gasteiger partial charge in [0.05, 0.1) is 12.7 Å². The van der Waals surface area contributed by atoms with Crippen molar-refractivity contribution in [3.05, 3.63) is 68.8 Å². The highest BCUT2D eigenvalue weighted by Gasteiger charge is 2.24. The smallest absolute Gasteiger partial charge is 0.328 e. The summed E-state index contributed by atoms with van der Waals surface area (Å²) in [4.78, 5) is 24.1. The van der Waals surface area contributed by atoms with Gasteiger partial charge in [0, 0.05) is 16.1 Å². The molecule has 0 aliphatic rings. The summed E-state index contributed by atoms with van der Waals surface area (Å²) >= 11 is 2.12. The van der Waals surface area contributed by atoms with Crippen LogP contribution in [0.3, 0.4) is 0 Å². The Kier molecular flexibility index (Phi) is 6.24. The second-order valence-electron chi connectivity index (χ2n) is 4.97. The van der Waals surface area contributed by atoms with E-state index in [4.69, 9.17) is 4.74 Å². The first-order valence-corrected chi connectivity index (χ1v) is 8.07. The van der Waals surface area contributed by atoms with Gasteiger partial charge >= 0.3 is 5.97 Å². The summed E-state index contributed by atoms with van der Waals surface area (Å²) in [6.45, 7) is 0. The SMILES string of the molecule is COC(=O)[C@@H](Cc1ccccc1I)NC(=O)c1ccc(F)cc1F. The zero-order chi connectivity index (χ0) is 17.7. The zero-order valence-electron chi connectivity index (χ0n) is 12.7. The van der Waals surface area contributed by atoms with Crippen molar-refractivity contribution in [2.24, 2.45) is 0 Å². The summed E-state index contributed by atoms with van der Waals surface area (Å²) in [6.07, 6.45) is 0.195. The fraction of sp³-hybridized carbons (Fsp3) is 0.176. The fourth-order valence-corrected chi connectivity index (χ4v) is 2.74. The highest BCUT2D eigenvalue weighted by molar-refractivity contribution is 14.1. The van der Waals surface area contributed by atoms with Gasteiger partial charge in [-0.15, -0.1) is 0 Å². The number of carbonyl (C=O) groups excluding carboxylic acids is 2. The van der Waals surface area contributed by atoms with Crippen molar-refractivity contribution in [1.82, 2.24) is 5.32 Å². The van der Waals surface area contributed by atoms with Gasteiger partial charge in [-0.25, -0.2) is 13.6 Å². The molecule has 0 aliphatic heterocycles. The Morgan fingerprint density at radius 2 is 1.92 bits per heavy atom. The molecular formula is C17H14F2INO3. The maximum atomic E-state index is 13.7. The van der Waals surface area contributed by atoms with E-state index in [9.17, 15) is 18.4 Å². The van der Waals surface area contributed by atoms with E-state index in [1.807, 2.05) is 24.3 Å². The van der Waals surface area contributed by atoms with Crippen molar-refractivity contribution in [3.8, 4) is 0 Å². The van der Waals surface area contributed by atoms with Gasteiger partial charge in [-0.1, -0.05) is 18.2 Å². The van der Waals surface area contributed by atoms with Gasteiger partial charge in [0.1, 0.15) is 17.7 Å². The van der Waals surface area contributed by atoms with E-state index in [1.54, 1.807) is 0 Å². The molecule has 0 spiro atoms. The van der Waals surface area contributed by atoms with Crippen LogP contribution in [0.4, 0.5) is 8.78 Å². The monoisotopic (exact) mass is 445 g/mol. The minimum absolute atomic E-state index is 0.195. The molecular weight excluding hydrogens is 431 g/mol.